The largest absolute Gasteiger partial charge is 0.472 e. The van der Waals surface area contributed by atoms with E-state index in [1.54, 1.807) is 0 Å². The summed E-state index contributed by atoms with van der Waals surface area (Å²) >= 11 is 0. The molecule has 0 radical (unpaired) electrons. The first-order valence-corrected chi connectivity index (χ1v) is 33.1. The average Bonchev–Trinajstić information content (AvgIpc) is 3.39. The first-order valence-electron chi connectivity index (χ1n) is 30.1. The summed E-state index contributed by atoms with van der Waals surface area (Å²) in [6.45, 7) is 9.29. The minimum Gasteiger partial charge on any atom is -0.462 e. The van der Waals surface area contributed by atoms with Crippen LogP contribution in [-0.4, -0.2) is 96.7 Å². The number of carbonyl (C=O) groups excluding carboxylic acids is 4. The van der Waals surface area contributed by atoms with Crippen LogP contribution in [-0.2, 0) is 65.4 Å². The molecule has 0 fully saturated rings. The molecule has 19 heteroatoms. The quantitative estimate of drug-likeness (QED) is 0.0222. The van der Waals surface area contributed by atoms with Gasteiger partial charge >= 0.3 is 39.5 Å². The van der Waals surface area contributed by atoms with Gasteiger partial charge in [0.25, 0.3) is 0 Å². The first kappa shape index (κ1) is 74.1. The van der Waals surface area contributed by atoms with Crippen molar-refractivity contribution < 1.29 is 80.2 Å². The summed E-state index contributed by atoms with van der Waals surface area (Å²) in [5, 5.41) is 10.5. The van der Waals surface area contributed by atoms with Crippen LogP contribution >= 0.6 is 15.6 Å². The van der Waals surface area contributed by atoms with Crippen LogP contribution in [0.3, 0.4) is 0 Å². The van der Waals surface area contributed by atoms with E-state index in [2.05, 4.69) is 41.5 Å². The molecule has 0 amide bonds. The van der Waals surface area contributed by atoms with Crippen LogP contribution in [0.1, 0.15) is 273 Å². The molecule has 0 aliphatic rings. The lowest BCUT2D eigenvalue weighted by molar-refractivity contribution is -0.161. The van der Waals surface area contributed by atoms with Crippen molar-refractivity contribution in [1.82, 2.24) is 0 Å². The second-order valence-electron chi connectivity index (χ2n) is 21.2. The van der Waals surface area contributed by atoms with E-state index >= 15 is 0 Å². The number of hydrogen-bond acceptors (Lipinski definition) is 15. The van der Waals surface area contributed by atoms with Crippen molar-refractivity contribution in [2.45, 2.75) is 291 Å². The van der Waals surface area contributed by atoms with E-state index in [1.807, 2.05) is 0 Å². The molecule has 0 bridgehead atoms. The maximum atomic E-state index is 12.9. The van der Waals surface area contributed by atoms with Crippen LogP contribution in [0.25, 0.3) is 0 Å². The molecule has 0 aliphatic carbocycles. The summed E-state index contributed by atoms with van der Waals surface area (Å²) in [7, 11) is -9.86. The maximum absolute atomic E-state index is 12.9. The molecule has 0 aromatic carbocycles. The van der Waals surface area contributed by atoms with Gasteiger partial charge in [-0.25, -0.2) is 9.13 Å². The molecule has 4 unspecified atom stereocenters. The Morgan fingerprint density at radius 3 is 0.934 bits per heavy atom. The van der Waals surface area contributed by atoms with Crippen molar-refractivity contribution >= 4 is 39.5 Å². The van der Waals surface area contributed by atoms with Gasteiger partial charge in [-0.2, -0.15) is 0 Å². The Hall–Kier alpha value is -1.94. The summed E-state index contributed by atoms with van der Waals surface area (Å²) in [6, 6.07) is 0. The first-order chi connectivity index (χ1) is 36.4. The summed E-state index contributed by atoms with van der Waals surface area (Å²) in [5.41, 5.74) is 0. The molecule has 7 atom stereocenters. The second kappa shape index (κ2) is 50.1. The molecule has 3 N–H and O–H groups in total. The molecule has 0 spiro atoms. The van der Waals surface area contributed by atoms with Crippen molar-refractivity contribution in [3.8, 4) is 0 Å². The minimum atomic E-state index is -4.94. The third kappa shape index (κ3) is 49.1. The molecule has 17 nitrogen and oxygen atoms in total. The maximum Gasteiger partial charge on any atom is 0.472 e. The Bertz CT molecular complexity index is 1520. The van der Waals surface area contributed by atoms with Gasteiger partial charge in [0.05, 0.1) is 26.4 Å². The van der Waals surface area contributed by atoms with Gasteiger partial charge in [-0.1, -0.05) is 221 Å². The molecule has 0 rings (SSSR count). The summed E-state index contributed by atoms with van der Waals surface area (Å²) in [5.74, 6) is -0.626. The third-order valence-electron chi connectivity index (χ3n) is 13.7. The number of hydrogen-bond donors (Lipinski definition) is 3. The average molecular weight is 1130 g/mol. The highest BCUT2D eigenvalue weighted by atomic mass is 31.2. The van der Waals surface area contributed by atoms with Crippen LogP contribution in [0.4, 0.5) is 0 Å². The number of phosphoric ester groups is 2. The van der Waals surface area contributed by atoms with Gasteiger partial charge in [0, 0.05) is 25.7 Å². The van der Waals surface area contributed by atoms with Crippen LogP contribution in [0, 0.1) is 11.8 Å². The zero-order valence-corrected chi connectivity index (χ0v) is 50.3. The third-order valence-corrected chi connectivity index (χ3v) is 15.6. The van der Waals surface area contributed by atoms with Gasteiger partial charge in [0.2, 0.25) is 0 Å². The molecule has 0 saturated carbocycles. The smallest absolute Gasteiger partial charge is 0.462 e. The topological polar surface area (TPSA) is 237 Å². The Labute approximate surface area is 460 Å². The van der Waals surface area contributed by atoms with E-state index in [1.165, 1.54) is 64.2 Å². The van der Waals surface area contributed by atoms with Crippen LogP contribution < -0.4 is 0 Å². The number of aliphatic hydroxyl groups is 1. The molecule has 450 valence electrons. The SMILES string of the molecule is CCCCCCCCCC(=O)O[C@H](COC(=O)CCCCCCC)COP(=O)(O)OC[C@H](O)COP(=O)(O)OC[C@@H](COC(=O)CCCCCCCCC(C)CC)OC(=O)CCCCCCCCCCCCC(C)CC. The van der Waals surface area contributed by atoms with E-state index in [-0.39, 0.29) is 25.7 Å². The Morgan fingerprint density at radius 1 is 0.368 bits per heavy atom. The van der Waals surface area contributed by atoms with E-state index in [4.69, 9.17) is 37.0 Å². The second-order valence-corrected chi connectivity index (χ2v) is 24.1. The fraction of sp³-hybridized carbons (Fsp3) is 0.930. The molecule has 0 aromatic rings. The van der Waals surface area contributed by atoms with E-state index in [0.717, 1.165) is 127 Å². The van der Waals surface area contributed by atoms with Crippen molar-refractivity contribution in [2.75, 3.05) is 39.6 Å². The van der Waals surface area contributed by atoms with Gasteiger partial charge in [0.1, 0.15) is 19.3 Å². The lowest BCUT2D eigenvalue weighted by Gasteiger charge is -2.21. The van der Waals surface area contributed by atoms with Gasteiger partial charge < -0.3 is 33.8 Å². The molecule has 0 saturated heterocycles. The molecule has 0 aliphatic heterocycles. The number of unbranched alkanes of at least 4 members (excludes halogenated alkanes) is 24. The van der Waals surface area contributed by atoms with Crippen molar-refractivity contribution in [3.05, 3.63) is 0 Å². The molecule has 76 heavy (non-hydrogen) atoms. The Balaban J connectivity index is 5.18. The zero-order chi connectivity index (χ0) is 56.6. The van der Waals surface area contributed by atoms with Crippen molar-refractivity contribution in [3.63, 3.8) is 0 Å². The predicted molar refractivity (Wildman–Crippen MR) is 298 cm³/mol. The Morgan fingerprint density at radius 2 is 0.632 bits per heavy atom. The van der Waals surface area contributed by atoms with Crippen LogP contribution in [0.15, 0.2) is 0 Å². The van der Waals surface area contributed by atoms with Gasteiger partial charge in [-0.05, 0) is 37.5 Å². The highest BCUT2D eigenvalue weighted by Gasteiger charge is 2.30. The number of ether oxygens (including phenoxy) is 4. The fourth-order valence-corrected chi connectivity index (χ4v) is 9.81. The molecule has 0 aromatic heterocycles. The van der Waals surface area contributed by atoms with Crippen LogP contribution in [0.5, 0.6) is 0 Å². The number of rotatable bonds is 56. The number of aliphatic hydroxyl groups excluding tert-OH is 1. The minimum absolute atomic E-state index is 0.102. The normalized spacial score (nSPS) is 15.2. The molecule has 0 heterocycles. The monoisotopic (exact) mass is 1130 g/mol. The predicted octanol–water partition coefficient (Wildman–Crippen LogP) is 14.9. The van der Waals surface area contributed by atoms with E-state index in [9.17, 15) is 43.2 Å². The molecular weight excluding hydrogens is 1020 g/mol. The zero-order valence-electron chi connectivity index (χ0n) is 48.5. The highest BCUT2D eigenvalue weighted by Crippen LogP contribution is 2.45. The molecular formula is C57H110O17P2. The number of carbonyl (C=O) groups is 4. The Kier molecular flexibility index (Phi) is 48.8. The van der Waals surface area contributed by atoms with E-state index in [0.29, 0.717) is 25.7 Å². The lowest BCUT2D eigenvalue weighted by atomic mass is 9.99. The van der Waals surface area contributed by atoms with Crippen molar-refractivity contribution in [2.24, 2.45) is 11.8 Å². The summed E-state index contributed by atoms with van der Waals surface area (Å²) < 4.78 is 67.4. The van der Waals surface area contributed by atoms with Gasteiger partial charge in [-0.15, -0.1) is 0 Å². The van der Waals surface area contributed by atoms with Crippen LogP contribution in [0.2, 0.25) is 0 Å². The highest BCUT2D eigenvalue weighted by molar-refractivity contribution is 7.47. The van der Waals surface area contributed by atoms with Gasteiger partial charge in [-0.3, -0.25) is 37.3 Å². The van der Waals surface area contributed by atoms with E-state index < -0.39 is 97.5 Å². The fourth-order valence-electron chi connectivity index (χ4n) is 8.23. The van der Waals surface area contributed by atoms with Gasteiger partial charge in [0.15, 0.2) is 12.2 Å². The summed E-state index contributed by atoms with van der Waals surface area (Å²) in [6.07, 6.45) is 29.8. The standard InChI is InChI=1S/C57H110O17P2/c1-7-11-13-15-20-29-35-41-56(61)73-52(45-67-54(59)39-33-25-14-12-8-2)47-71-75(63,64)69-43-51(58)44-70-76(65,66)72-48-53(46-68-55(60)40-34-28-24-23-27-32-38-50(6)10-4)74-57(62)42-36-30-22-19-17-16-18-21-26-31-37-49(5)9-3/h49-53,58H,7-48H2,1-6H3,(H,63,64)(H,65,66)/t49?,50?,51-,52+,53+/m0/s1. The number of esters is 4. The summed E-state index contributed by atoms with van der Waals surface area (Å²) in [4.78, 5) is 71.5. The lowest BCUT2D eigenvalue weighted by Crippen LogP contribution is -2.30. The number of phosphoric acid groups is 2. The van der Waals surface area contributed by atoms with Crippen molar-refractivity contribution in [1.29, 1.82) is 0 Å².